The van der Waals surface area contributed by atoms with Gasteiger partial charge in [0.2, 0.25) is 0 Å². The Labute approximate surface area is 145 Å². The van der Waals surface area contributed by atoms with Gasteiger partial charge in [0.1, 0.15) is 0 Å². The van der Waals surface area contributed by atoms with Gasteiger partial charge in [-0.05, 0) is 36.4 Å². The molecule has 0 aliphatic carbocycles. The first kappa shape index (κ1) is 15.5. The SMILES string of the molecule is COCCn1ccc2c(C(=O)Nc3cccc4[nH]ccc34)cccc21. The van der Waals surface area contributed by atoms with E-state index >= 15 is 0 Å². The van der Waals surface area contributed by atoms with Crippen molar-refractivity contribution in [3.05, 3.63) is 66.5 Å². The number of fused-ring (bicyclic) bond motifs is 2. The van der Waals surface area contributed by atoms with E-state index in [0.717, 1.165) is 34.0 Å². The molecule has 5 heteroatoms. The van der Waals surface area contributed by atoms with Gasteiger partial charge < -0.3 is 19.6 Å². The predicted molar refractivity (Wildman–Crippen MR) is 100 cm³/mol. The molecule has 4 aromatic rings. The van der Waals surface area contributed by atoms with Gasteiger partial charge in [0.15, 0.2) is 0 Å². The van der Waals surface area contributed by atoms with E-state index in [9.17, 15) is 4.79 Å². The zero-order chi connectivity index (χ0) is 17.2. The number of anilines is 1. The molecule has 5 nitrogen and oxygen atoms in total. The molecule has 2 aromatic carbocycles. The first-order valence-corrected chi connectivity index (χ1v) is 8.22. The molecule has 2 heterocycles. The maximum absolute atomic E-state index is 12.9. The highest BCUT2D eigenvalue weighted by atomic mass is 16.5. The lowest BCUT2D eigenvalue weighted by molar-refractivity contribution is 0.102. The van der Waals surface area contributed by atoms with E-state index in [1.54, 1.807) is 7.11 Å². The molecule has 0 fully saturated rings. The van der Waals surface area contributed by atoms with Crippen LogP contribution in [0.25, 0.3) is 21.8 Å². The number of carbonyl (C=O) groups is 1. The predicted octanol–water partition coefficient (Wildman–Crippen LogP) is 4.02. The molecule has 0 atom stereocenters. The average Bonchev–Trinajstić information content (AvgIpc) is 3.27. The normalized spacial score (nSPS) is 11.2. The maximum Gasteiger partial charge on any atom is 0.256 e. The summed E-state index contributed by atoms with van der Waals surface area (Å²) in [5, 5.41) is 4.98. The molecule has 0 bridgehead atoms. The summed E-state index contributed by atoms with van der Waals surface area (Å²) < 4.78 is 7.25. The van der Waals surface area contributed by atoms with Crippen molar-refractivity contribution < 1.29 is 9.53 Å². The van der Waals surface area contributed by atoms with Crippen LogP contribution in [0.4, 0.5) is 5.69 Å². The molecule has 0 unspecified atom stereocenters. The highest BCUT2D eigenvalue weighted by Crippen LogP contribution is 2.25. The molecule has 4 rings (SSSR count). The van der Waals surface area contributed by atoms with Gasteiger partial charge in [0, 0.05) is 53.4 Å². The van der Waals surface area contributed by atoms with Crippen LogP contribution in [0, 0.1) is 0 Å². The number of hydrogen-bond acceptors (Lipinski definition) is 2. The van der Waals surface area contributed by atoms with Gasteiger partial charge in [-0.2, -0.15) is 0 Å². The number of aromatic nitrogens is 2. The summed E-state index contributed by atoms with van der Waals surface area (Å²) in [6.07, 6.45) is 3.87. The minimum absolute atomic E-state index is 0.108. The molecule has 0 aliphatic heterocycles. The Morgan fingerprint density at radius 1 is 1.12 bits per heavy atom. The van der Waals surface area contributed by atoms with Crippen LogP contribution < -0.4 is 5.32 Å². The minimum atomic E-state index is -0.108. The lowest BCUT2D eigenvalue weighted by Gasteiger charge is -2.09. The monoisotopic (exact) mass is 333 g/mol. The van der Waals surface area contributed by atoms with Gasteiger partial charge in [-0.25, -0.2) is 0 Å². The Morgan fingerprint density at radius 3 is 2.88 bits per heavy atom. The van der Waals surface area contributed by atoms with E-state index < -0.39 is 0 Å². The third-order valence-electron chi connectivity index (χ3n) is 4.44. The quantitative estimate of drug-likeness (QED) is 0.579. The summed E-state index contributed by atoms with van der Waals surface area (Å²) in [4.78, 5) is 16.0. The number of nitrogens with one attached hydrogen (secondary N) is 2. The number of hydrogen-bond donors (Lipinski definition) is 2. The van der Waals surface area contributed by atoms with Crippen molar-refractivity contribution >= 4 is 33.4 Å². The molecule has 1 amide bonds. The van der Waals surface area contributed by atoms with Crippen molar-refractivity contribution in [2.45, 2.75) is 6.54 Å². The largest absolute Gasteiger partial charge is 0.383 e. The topological polar surface area (TPSA) is 59.0 Å². The van der Waals surface area contributed by atoms with Crippen molar-refractivity contribution in [1.82, 2.24) is 9.55 Å². The molecule has 2 N–H and O–H groups in total. The van der Waals surface area contributed by atoms with Gasteiger partial charge >= 0.3 is 0 Å². The molecule has 0 radical (unpaired) electrons. The molecule has 0 saturated heterocycles. The molecule has 25 heavy (non-hydrogen) atoms. The standard InChI is InChI=1S/C20H19N3O2/c1-25-13-12-23-11-9-14-15(4-2-7-19(14)23)20(24)22-18-6-3-5-17-16(18)8-10-21-17/h2-11,21H,12-13H2,1H3,(H,22,24). The fraction of sp³-hybridized carbons (Fsp3) is 0.150. The number of carbonyl (C=O) groups excluding carboxylic acids is 1. The number of nitrogens with zero attached hydrogens (tertiary/aromatic N) is 1. The molecule has 0 spiro atoms. The molecule has 0 saturated carbocycles. The number of rotatable bonds is 5. The second-order valence-electron chi connectivity index (χ2n) is 5.94. The summed E-state index contributed by atoms with van der Waals surface area (Å²) in [6, 6.07) is 15.6. The second-order valence-corrected chi connectivity index (χ2v) is 5.94. The van der Waals surface area contributed by atoms with Crippen molar-refractivity contribution in [3.63, 3.8) is 0 Å². The fourth-order valence-electron chi connectivity index (χ4n) is 3.19. The molecular weight excluding hydrogens is 314 g/mol. The number of aromatic amines is 1. The molecule has 2 aromatic heterocycles. The smallest absolute Gasteiger partial charge is 0.256 e. The first-order valence-electron chi connectivity index (χ1n) is 8.22. The third-order valence-corrected chi connectivity index (χ3v) is 4.44. The highest BCUT2D eigenvalue weighted by Gasteiger charge is 2.13. The maximum atomic E-state index is 12.9. The summed E-state index contributed by atoms with van der Waals surface area (Å²) in [6.45, 7) is 1.39. The van der Waals surface area contributed by atoms with Gasteiger partial charge in [0.05, 0.1) is 12.3 Å². The number of ether oxygens (including phenoxy) is 1. The lowest BCUT2D eigenvalue weighted by atomic mass is 10.1. The van der Waals surface area contributed by atoms with Crippen molar-refractivity contribution in [2.24, 2.45) is 0 Å². The Balaban J connectivity index is 1.68. The number of amides is 1. The molecule has 0 aliphatic rings. The van der Waals surface area contributed by atoms with Crippen LogP contribution in [0.1, 0.15) is 10.4 Å². The van der Waals surface area contributed by atoms with Gasteiger partial charge in [-0.15, -0.1) is 0 Å². The van der Waals surface area contributed by atoms with E-state index in [-0.39, 0.29) is 5.91 Å². The average molecular weight is 333 g/mol. The number of H-pyrrole nitrogens is 1. The highest BCUT2D eigenvalue weighted by molar-refractivity contribution is 6.14. The Bertz CT molecular complexity index is 1050. The first-order chi connectivity index (χ1) is 12.3. The van der Waals surface area contributed by atoms with Crippen LogP contribution in [-0.2, 0) is 11.3 Å². The van der Waals surface area contributed by atoms with Crippen molar-refractivity contribution in [3.8, 4) is 0 Å². The lowest BCUT2D eigenvalue weighted by Crippen LogP contribution is -2.12. The van der Waals surface area contributed by atoms with Crippen LogP contribution in [0.2, 0.25) is 0 Å². The van der Waals surface area contributed by atoms with E-state index in [1.807, 2.05) is 60.9 Å². The van der Waals surface area contributed by atoms with Crippen LogP contribution >= 0.6 is 0 Å². The minimum Gasteiger partial charge on any atom is -0.383 e. The Kier molecular flexibility index (Phi) is 3.99. The summed E-state index contributed by atoms with van der Waals surface area (Å²) in [5.74, 6) is -0.108. The fourth-order valence-corrected chi connectivity index (χ4v) is 3.19. The molecular formula is C20H19N3O2. The Morgan fingerprint density at radius 2 is 2.00 bits per heavy atom. The van der Waals surface area contributed by atoms with E-state index in [1.165, 1.54) is 0 Å². The Hall–Kier alpha value is -3.05. The summed E-state index contributed by atoms with van der Waals surface area (Å²) >= 11 is 0. The van der Waals surface area contributed by atoms with E-state index in [0.29, 0.717) is 12.2 Å². The van der Waals surface area contributed by atoms with Crippen LogP contribution in [0.3, 0.4) is 0 Å². The second kappa shape index (κ2) is 6.45. The zero-order valence-corrected chi connectivity index (χ0v) is 14.0. The summed E-state index contributed by atoms with van der Waals surface area (Å²) in [5.41, 5.74) is 3.51. The van der Waals surface area contributed by atoms with Crippen LogP contribution in [0.15, 0.2) is 60.9 Å². The van der Waals surface area contributed by atoms with Gasteiger partial charge in [-0.1, -0.05) is 12.1 Å². The van der Waals surface area contributed by atoms with Crippen molar-refractivity contribution in [1.29, 1.82) is 0 Å². The van der Waals surface area contributed by atoms with Gasteiger partial charge in [0.25, 0.3) is 5.91 Å². The molecule has 126 valence electrons. The summed E-state index contributed by atoms with van der Waals surface area (Å²) in [7, 11) is 1.69. The number of benzene rings is 2. The van der Waals surface area contributed by atoms with Crippen LogP contribution in [0.5, 0.6) is 0 Å². The number of methoxy groups -OCH3 is 1. The van der Waals surface area contributed by atoms with E-state index in [2.05, 4.69) is 14.9 Å². The zero-order valence-electron chi connectivity index (χ0n) is 14.0. The van der Waals surface area contributed by atoms with Gasteiger partial charge in [-0.3, -0.25) is 4.79 Å². The van der Waals surface area contributed by atoms with Crippen molar-refractivity contribution in [2.75, 3.05) is 19.0 Å². The van der Waals surface area contributed by atoms with Crippen LogP contribution in [-0.4, -0.2) is 29.2 Å². The third kappa shape index (κ3) is 2.79. The van der Waals surface area contributed by atoms with E-state index in [4.69, 9.17) is 4.74 Å².